The first-order valence-corrected chi connectivity index (χ1v) is 14.1. The first-order chi connectivity index (χ1) is 19.8. The molecule has 4 aromatic heterocycles. The fourth-order valence-electron chi connectivity index (χ4n) is 6.22. The third-order valence-electron chi connectivity index (χ3n) is 8.37. The third-order valence-corrected chi connectivity index (χ3v) is 8.37. The molecule has 2 saturated heterocycles. The van der Waals surface area contributed by atoms with Crippen LogP contribution in [0, 0.1) is 12.8 Å². The predicted octanol–water partition coefficient (Wildman–Crippen LogP) is 5.21. The topological polar surface area (TPSA) is 93.5 Å². The largest absolute Gasteiger partial charge is 0.493 e. The van der Waals surface area contributed by atoms with Crippen molar-refractivity contribution in [1.29, 1.82) is 0 Å². The zero-order valence-corrected chi connectivity index (χ0v) is 23.2. The van der Waals surface area contributed by atoms with Crippen LogP contribution < -0.4 is 4.74 Å². The lowest BCUT2D eigenvalue weighted by atomic mass is 9.87. The third kappa shape index (κ3) is 5.94. The summed E-state index contributed by atoms with van der Waals surface area (Å²) in [7, 11) is 1.48. The number of nitrogens with one attached hydrogen (secondary N) is 1. The van der Waals surface area contributed by atoms with Crippen LogP contribution in [0.2, 0.25) is 0 Å². The minimum absolute atomic E-state index is 0.0279. The van der Waals surface area contributed by atoms with Crippen LogP contribution in [0.15, 0.2) is 30.9 Å². The summed E-state index contributed by atoms with van der Waals surface area (Å²) in [6.07, 6.45) is 3.57. The van der Waals surface area contributed by atoms with E-state index >= 15 is 0 Å². The second-order valence-electron chi connectivity index (χ2n) is 11.1. The highest BCUT2D eigenvalue weighted by Crippen LogP contribution is 2.37. The minimum atomic E-state index is -4.44. The maximum absolute atomic E-state index is 13.8. The van der Waals surface area contributed by atoms with Gasteiger partial charge in [-0.1, -0.05) is 0 Å². The van der Waals surface area contributed by atoms with Crippen molar-refractivity contribution < 1.29 is 22.6 Å². The van der Waals surface area contributed by atoms with Crippen molar-refractivity contribution in [1.82, 2.24) is 34.7 Å². The van der Waals surface area contributed by atoms with Crippen LogP contribution in [0.3, 0.4) is 0 Å². The van der Waals surface area contributed by atoms with Crippen LogP contribution in [-0.2, 0) is 11.2 Å². The van der Waals surface area contributed by atoms with Gasteiger partial charge in [0.1, 0.15) is 6.33 Å². The van der Waals surface area contributed by atoms with Gasteiger partial charge in [-0.05, 0) is 80.8 Å². The van der Waals surface area contributed by atoms with Gasteiger partial charge in [0.2, 0.25) is 0 Å². The molecule has 0 amide bonds. The molecule has 2 aliphatic heterocycles. The number of hydrogen-bond acceptors (Lipinski definition) is 7. The molecule has 0 aliphatic carbocycles. The van der Waals surface area contributed by atoms with E-state index in [1.807, 2.05) is 19.2 Å². The monoisotopic (exact) mass is 569 g/mol. The SMILES string of the molecule is COc1cc(-c2n[nH]c(-c3cc(C)c(C4CCN(CC5CCOCC5)CC4)cn3)c2CC(F)(F)F)cn2ncnc12. The van der Waals surface area contributed by atoms with Crippen molar-refractivity contribution in [2.24, 2.45) is 5.92 Å². The number of likely N-dealkylation sites (tertiary alicyclic amines) is 1. The molecule has 0 radical (unpaired) electrons. The molecular formula is C29H34F3N7O2. The first kappa shape index (κ1) is 27.6. The van der Waals surface area contributed by atoms with Gasteiger partial charge in [-0.2, -0.15) is 23.4 Å². The smallest absolute Gasteiger partial charge is 0.393 e. The summed E-state index contributed by atoms with van der Waals surface area (Å²) in [6.45, 7) is 6.97. The van der Waals surface area contributed by atoms with E-state index in [0.29, 0.717) is 34.5 Å². The Morgan fingerprint density at radius 1 is 1.10 bits per heavy atom. The molecule has 6 heterocycles. The van der Waals surface area contributed by atoms with Crippen molar-refractivity contribution in [2.75, 3.05) is 40.0 Å². The zero-order valence-electron chi connectivity index (χ0n) is 23.2. The number of pyridine rings is 2. The maximum Gasteiger partial charge on any atom is 0.393 e. The van der Waals surface area contributed by atoms with E-state index in [4.69, 9.17) is 9.47 Å². The second-order valence-corrected chi connectivity index (χ2v) is 11.1. The number of ether oxygens (including phenoxy) is 2. The molecule has 0 saturated carbocycles. The molecule has 0 unspecified atom stereocenters. The number of nitrogens with zero attached hydrogens (tertiary/aromatic N) is 6. The van der Waals surface area contributed by atoms with Gasteiger partial charge >= 0.3 is 6.18 Å². The summed E-state index contributed by atoms with van der Waals surface area (Å²) in [5.41, 5.74) is 3.99. The van der Waals surface area contributed by atoms with Crippen LogP contribution in [-0.4, -0.2) is 80.8 Å². The normalized spacial score (nSPS) is 17.9. The summed E-state index contributed by atoms with van der Waals surface area (Å²) in [5, 5.41) is 11.3. The quantitative estimate of drug-likeness (QED) is 0.327. The van der Waals surface area contributed by atoms with E-state index in [9.17, 15) is 13.2 Å². The van der Waals surface area contributed by atoms with Gasteiger partial charge in [0.05, 0.1) is 30.6 Å². The Labute approximate surface area is 236 Å². The molecule has 9 nitrogen and oxygen atoms in total. The summed E-state index contributed by atoms with van der Waals surface area (Å²) < 4.78 is 53.8. The number of methoxy groups -OCH3 is 1. The molecule has 41 heavy (non-hydrogen) atoms. The number of hydrogen-bond donors (Lipinski definition) is 1. The Bertz CT molecular complexity index is 1500. The highest BCUT2D eigenvalue weighted by Gasteiger charge is 2.33. The number of H-pyrrole nitrogens is 1. The van der Waals surface area contributed by atoms with E-state index in [-0.39, 0.29) is 17.0 Å². The van der Waals surface area contributed by atoms with Gasteiger partial charge in [-0.3, -0.25) is 10.1 Å². The molecule has 6 rings (SSSR count). The van der Waals surface area contributed by atoms with E-state index in [2.05, 4.69) is 30.2 Å². The second kappa shape index (κ2) is 11.4. The molecule has 218 valence electrons. The Kier molecular flexibility index (Phi) is 7.69. The van der Waals surface area contributed by atoms with Gasteiger partial charge in [0.25, 0.3) is 0 Å². The number of rotatable bonds is 7. The highest BCUT2D eigenvalue weighted by atomic mass is 19.4. The Balaban J connectivity index is 1.25. The maximum atomic E-state index is 13.8. The van der Waals surface area contributed by atoms with Crippen LogP contribution in [0.4, 0.5) is 13.2 Å². The van der Waals surface area contributed by atoms with Gasteiger partial charge in [0, 0.05) is 43.3 Å². The molecule has 0 spiro atoms. The van der Waals surface area contributed by atoms with Gasteiger partial charge in [-0.15, -0.1) is 0 Å². The summed E-state index contributed by atoms with van der Waals surface area (Å²) in [4.78, 5) is 11.4. The molecule has 0 aromatic carbocycles. The lowest BCUT2D eigenvalue weighted by Crippen LogP contribution is -2.38. The standard InChI is InChI=1S/C29H34F3N7O2/c1-18-11-24(33-14-23(18)20-3-7-38(8-4-20)15-19-5-9-41-10-6-19)27-22(13-29(30,31)32)26(36-37-27)21-12-25(40-2)28-34-17-35-39(28)16-21/h11-12,14,16-17,19-20H,3-10,13,15H2,1-2H3,(H,36,37). The van der Waals surface area contributed by atoms with Crippen LogP contribution in [0.5, 0.6) is 5.75 Å². The minimum Gasteiger partial charge on any atom is -0.493 e. The predicted molar refractivity (Wildman–Crippen MR) is 147 cm³/mol. The molecule has 0 bridgehead atoms. The number of halogens is 3. The fraction of sp³-hybridized carbons (Fsp3) is 0.517. The average Bonchev–Trinajstić information content (AvgIpc) is 3.60. The fourth-order valence-corrected chi connectivity index (χ4v) is 6.22. The average molecular weight is 570 g/mol. The Morgan fingerprint density at radius 3 is 2.59 bits per heavy atom. The van der Waals surface area contributed by atoms with Crippen molar-refractivity contribution in [2.45, 2.75) is 51.1 Å². The van der Waals surface area contributed by atoms with Crippen molar-refractivity contribution >= 4 is 5.65 Å². The number of aryl methyl sites for hydroxylation is 1. The van der Waals surface area contributed by atoms with Crippen molar-refractivity contribution in [3.05, 3.63) is 47.5 Å². The van der Waals surface area contributed by atoms with E-state index < -0.39 is 12.6 Å². The number of aromatic nitrogens is 6. The number of piperidine rings is 1. The molecular weight excluding hydrogens is 535 g/mol. The van der Waals surface area contributed by atoms with Crippen molar-refractivity contribution in [3.8, 4) is 28.4 Å². The van der Waals surface area contributed by atoms with Gasteiger partial charge in [-0.25, -0.2) is 9.50 Å². The molecule has 2 fully saturated rings. The van der Waals surface area contributed by atoms with Gasteiger partial charge in [0.15, 0.2) is 11.4 Å². The van der Waals surface area contributed by atoms with Crippen LogP contribution in [0.1, 0.15) is 48.3 Å². The number of alkyl halides is 3. The molecule has 2 aliphatic rings. The summed E-state index contributed by atoms with van der Waals surface area (Å²) >= 11 is 0. The lowest BCUT2D eigenvalue weighted by Gasteiger charge is -2.35. The molecule has 12 heteroatoms. The first-order valence-electron chi connectivity index (χ1n) is 14.1. The van der Waals surface area contributed by atoms with Gasteiger partial charge < -0.3 is 14.4 Å². The van der Waals surface area contributed by atoms with E-state index in [1.54, 1.807) is 12.3 Å². The lowest BCUT2D eigenvalue weighted by molar-refractivity contribution is -0.127. The Hall–Kier alpha value is -3.51. The summed E-state index contributed by atoms with van der Waals surface area (Å²) in [6, 6.07) is 3.50. The molecule has 1 N–H and O–H groups in total. The van der Waals surface area contributed by atoms with E-state index in [1.165, 1.54) is 18.0 Å². The van der Waals surface area contributed by atoms with E-state index in [0.717, 1.165) is 69.7 Å². The Morgan fingerprint density at radius 2 is 1.88 bits per heavy atom. The van der Waals surface area contributed by atoms with Crippen molar-refractivity contribution in [3.63, 3.8) is 0 Å². The van der Waals surface area contributed by atoms with Crippen LogP contribution >= 0.6 is 0 Å². The zero-order chi connectivity index (χ0) is 28.6. The highest BCUT2D eigenvalue weighted by molar-refractivity contribution is 5.75. The number of fused-ring (bicyclic) bond motifs is 1. The molecule has 0 atom stereocenters. The number of aromatic amines is 1. The summed E-state index contributed by atoms with van der Waals surface area (Å²) in [5.74, 6) is 1.49. The van der Waals surface area contributed by atoms with Crippen LogP contribution in [0.25, 0.3) is 28.3 Å². The molecule has 4 aromatic rings.